The molecule has 0 unspecified atom stereocenters. The molecular weight excluding hydrogens is 523 g/mol. The summed E-state index contributed by atoms with van der Waals surface area (Å²) in [6.07, 6.45) is 2.24. The lowest BCUT2D eigenvalue weighted by atomic mass is 10.1. The highest BCUT2D eigenvalue weighted by Gasteiger charge is 2.24. The van der Waals surface area contributed by atoms with E-state index in [0.29, 0.717) is 51.1 Å². The summed E-state index contributed by atoms with van der Waals surface area (Å²) in [6, 6.07) is 12.8. The minimum absolute atomic E-state index is 0.0892. The number of nitrogens with one attached hydrogen (secondary N) is 1. The maximum atomic E-state index is 14.4. The number of carbonyl (C=O) groups is 2. The van der Waals surface area contributed by atoms with Crippen LogP contribution in [-0.4, -0.2) is 55.3 Å². The zero-order valence-electron chi connectivity index (χ0n) is 21.2. The largest absolute Gasteiger partial charge is 0.493 e. The van der Waals surface area contributed by atoms with Gasteiger partial charge in [0.15, 0.2) is 17.3 Å². The monoisotopic (exact) mass is 550 g/mol. The molecule has 10 heteroatoms. The molecule has 0 spiro atoms. The molecule has 0 atom stereocenters. The summed E-state index contributed by atoms with van der Waals surface area (Å²) in [5, 5.41) is 14.1. The summed E-state index contributed by atoms with van der Waals surface area (Å²) < 4.78 is 31.6. The number of ether oxygens (including phenoxy) is 3. The molecule has 0 radical (unpaired) electrons. The maximum absolute atomic E-state index is 14.4. The number of aliphatic hydroxyl groups is 1. The fraction of sp³-hybridized carbons (Fsp3) is 0.276. The maximum Gasteiger partial charge on any atom is 0.251 e. The van der Waals surface area contributed by atoms with Crippen molar-refractivity contribution < 1.29 is 33.3 Å². The minimum atomic E-state index is -0.473. The number of nitrogens with zero attached hydrogens (tertiary/aromatic N) is 1. The number of fused-ring (bicyclic) bond motifs is 1. The predicted molar refractivity (Wildman–Crippen MR) is 145 cm³/mol. The van der Waals surface area contributed by atoms with E-state index in [0.717, 1.165) is 12.8 Å². The molecule has 8 nitrogen and oxygen atoms in total. The van der Waals surface area contributed by atoms with Crippen molar-refractivity contribution in [1.82, 2.24) is 10.3 Å². The third-order valence-corrected chi connectivity index (χ3v) is 7.31. The molecular formula is C29H27FN2O6S. The Bertz CT molecular complexity index is 1520. The van der Waals surface area contributed by atoms with Gasteiger partial charge in [-0.2, -0.15) is 0 Å². The van der Waals surface area contributed by atoms with Crippen LogP contribution in [0.15, 0.2) is 53.9 Å². The summed E-state index contributed by atoms with van der Waals surface area (Å²) in [6.45, 7) is 0.210. The Labute approximate surface area is 228 Å². The molecule has 39 heavy (non-hydrogen) atoms. The summed E-state index contributed by atoms with van der Waals surface area (Å²) in [5.41, 5.74) is 1.59. The van der Waals surface area contributed by atoms with Gasteiger partial charge < -0.3 is 24.6 Å². The van der Waals surface area contributed by atoms with Crippen molar-refractivity contribution in [3.8, 4) is 28.5 Å². The molecule has 2 aromatic heterocycles. The number of rotatable bonds is 12. The highest BCUT2D eigenvalue weighted by Crippen LogP contribution is 2.39. The number of hydrogen-bond acceptors (Lipinski definition) is 8. The number of methoxy groups -OCH3 is 1. The number of amides is 1. The van der Waals surface area contributed by atoms with Gasteiger partial charge in [-0.15, -0.1) is 11.3 Å². The van der Waals surface area contributed by atoms with Crippen molar-refractivity contribution in [2.75, 3.05) is 33.5 Å². The molecule has 1 aliphatic rings. The molecule has 2 N–H and O–H groups in total. The first-order valence-corrected chi connectivity index (χ1v) is 13.4. The van der Waals surface area contributed by atoms with E-state index < -0.39 is 5.91 Å². The molecule has 1 amide bonds. The molecule has 1 aliphatic carbocycles. The van der Waals surface area contributed by atoms with Crippen LogP contribution in [0, 0.1) is 11.7 Å². The topological polar surface area (TPSA) is 107 Å². The number of halogens is 1. The van der Waals surface area contributed by atoms with Crippen molar-refractivity contribution in [3.05, 3.63) is 71.0 Å². The van der Waals surface area contributed by atoms with Crippen LogP contribution < -0.4 is 19.5 Å². The average molecular weight is 551 g/mol. The number of benzene rings is 2. The van der Waals surface area contributed by atoms with Crippen LogP contribution in [0.2, 0.25) is 0 Å². The molecule has 2 aromatic carbocycles. The van der Waals surface area contributed by atoms with Crippen molar-refractivity contribution in [1.29, 1.82) is 0 Å². The van der Waals surface area contributed by atoms with Crippen LogP contribution in [0.3, 0.4) is 0 Å². The second-order valence-corrected chi connectivity index (χ2v) is 9.99. The van der Waals surface area contributed by atoms with Gasteiger partial charge in [0.05, 0.1) is 31.6 Å². The lowest BCUT2D eigenvalue weighted by Crippen LogP contribution is -2.30. The molecule has 0 saturated heterocycles. The van der Waals surface area contributed by atoms with Crippen LogP contribution in [0.5, 0.6) is 17.2 Å². The Morgan fingerprint density at radius 3 is 2.69 bits per heavy atom. The Balaban J connectivity index is 1.35. The SMILES string of the molecule is COc1cc(C(=O)NCC(=O)c2ccc(OCC3CC3)c(-c3csc4c(F)cccc34)n2)ccc1OCCO. The Hall–Kier alpha value is -4.02. The number of thiophene rings is 1. The second kappa shape index (κ2) is 11.8. The van der Waals surface area contributed by atoms with Crippen LogP contribution in [0.25, 0.3) is 21.3 Å². The van der Waals surface area contributed by atoms with Gasteiger partial charge in [0.25, 0.3) is 5.91 Å². The number of Topliss-reactive ketones (excluding diaryl/α,β-unsaturated/α-hetero) is 1. The van der Waals surface area contributed by atoms with E-state index in [1.165, 1.54) is 36.6 Å². The first kappa shape index (κ1) is 26.6. The first-order chi connectivity index (χ1) is 19.0. The number of carbonyl (C=O) groups excluding carboxylic acids is 2. The molecule has 1 fully saturated rings. The van der Waals surface area contributed by atoms with E-state index in [9.17, 15) is 14.0 Å². The molecule has 0 aliphatic heterocycles. The lowest BCUT2D eigenvalue weighted by Gasteiger charge is -2.13. The Morgan fingerprint density at radius 2 is 1.92 bits per heavy atom. The second-order valence-electron chi connectivity index (χ2n) is 9.11. The number of ketones is 1. The lowest BCUT2D eigenvalue weighted by molar-refractivity contribution is 0.0902. The van der Waals surface area contributed by atoms with Gasteiger partial charge in [0, 0.05) is 21.9 Å². The molecule has 0 bridgehead atoms. The average Bonchev–Trinajstić information content (AvgIpc) is 3.69. The third kappa shape index (κ3) is 6.02. The van der Waals surface area contributed by atoms with Gasteiger partial charge in [-0.1, -0.05) is 12.1 Å². The number of pyridine rings is 1. The van der Waals surface area contributed by atoms with E-state index in [2.05, 4.69) is 10.3 Å². The minimum Gasteiger partial charge on any atom is -0.493 e. The van der Waals surface area contributed by atoms with Gasteiger partial charge in [0.2, 0.25) is 0 Å². The normalized spacial score (nSPS) is 12.8. The molecule has 1 saturated carbocycles. The van der Waals surface area contributed by atoms with E-state index >= 15 is 0 Å². The summed E-state index contributed by atoms with van der Waals surface area (Å²) in [7, 11) is 1.44. The highest BCUT2D eigenvalue weighted by atomic mass is 32.1. The van der Waals surface area contributed by atoms with Gasteiger partial charge in [0.1, 0.15) is 29.6 Å². The number of aliphatic hydroxyl groups excluding tert-OH is 1. The molecule has 202 valence electrons. The van der Waals surface area contributed by atoms with E-state index in [4.69, 9.17) is 19.3 Å². The van der Waals surface area contributed by atoms with Crippen molar-refractivity contribution in [2.45, 2.75) is 12.8 Å². The van der Waals surface area contributed by atoms with Crippen LogP contribution in [0.1, 0.15) is 33.7 Å². The van der Waals surface area contributed by atoms with Crippen molar-refractivity contribution in [3.63, 3.8) is 0 Å². The smallest absolute Gasteiger partial charge is 0.251 e. The van der Waals surface area contributed by atoms with E-state index in [-0.39, 0.29) is 42.6 Å². The summed E-state index contributed by atoms with van der Waals surface area (Å²) in [5.74, 6) is 0.583. The van der Waals surface area contributed by atoms with Gasteiger partial charge >= 0.3 is 0 Å². The summed E-state index contributed by atoms with van der Waals surface area (Å²) >= 11 is 1.27. The third-order valence-electron chi connectivity index (χ3n) is 6.31. The fourth-order valence-electron chi connectivity index (χ4n) is 4.05. The number of aromatic nitrogens is 1. The quantitative estimate of drug-likeness (QED) is 0.242. The van der Waals surface area contributed by atoms with Gasteiger partial charge in [-0.25, -0.2) is 9.37 Å². The van der Waals surface area contributed by atoms with Crippen LogP contribution >= 0.6 is 11.3 Å². The zero-order valence-corrected chi connectivity index (χ0v) is 22.1. The molecule has 5 rings (SSSR count). The number of hydrogen-bond donors (Lipinski definition) is 2. The van der Waals surface area contributed by atoms with E-state index in [1.807, 2.05) is 11.4 Å². The fourth-order valence-corrected chi connectivity index (χ4v) is 5.01. The Morgan fingerprint density at radius 1 is 1.10 bits per heavy atom. The van der Waals surface area contributed by atoms with Gasteiger partial charge in [-0.3, -0.25) is 9.59 Å². The Kier molecular flexibility index (Phi) is 8.04. The molecule has 4 aromatic rings. The zero-order chi connectivity index (χ0) is 27.4. The van der Waals surface area contributed by atoms with Crippen LogP contribution in [0.4, 0.5) is 4.39 Å². The first-order valence-electron chi connectivity index (χ1n) is 12.5. The summed E-state index contributed by atoms with van der Waals surface area (Å²) in [4.78, 5) is 30.4. The van der Waals surface area contributed by atoms with Crippen LogP contribution in [-0.2, 0) is 0 Å². The molecule has 2 heterocycles. The van der Waals surface area contributed by atoms with Gasteiger partial charge in [-0.05, 0) is 55.2 Å². The highest BCUT2D eigenvalue weighted by molar-refractivity contribution is 7.17. The standard InChI is InChI=1S/C29H27FN2O6S/c1-36-26-13-18(7-9-24(26)37-12-11-33)29(35)31-14-23(34)22-8-10-25(38-15-17-5-6-17)27(32-22)20-16-39-28-19(20)3-2-4-21(28)30/h2-4,7-10,13,16-17,33H,5-6,11-12,14-15H2,1H3,(H,31,35). The van der Waals surface area contributed by atoms with Crippen molar-refractivity contribution >= 4 is 33.1 Å². The predicted octanol–water partition coefficient (Wildman–Crippen LogP) is 4.88. The van der Waals surface area contributed by atoms with Crippen molar-refractivity contribution in [2.24, 2.45) is 5.92 Å². The van der Waals surface area contributed by atoms with E-state index in [1.54, 1.807) is 24.3 Å².